The molecule has 0 bridgehead atoms. The van der Waals surface area contributed by atoms with Crippen LogP contribution in [0.25, 0.3) is 17.2 Å². The van der Waals surface area contributed by atoms with E-state index in [4.69, 9.17) is 11.6 Å². The molecule has 2 aromatic carbocycles. The van der Waals surface area contributed by atoms with Crippen LogP contribution in [0.3, 0.4) is 0 Å². The molecule has 1 fully saturated rings. The molecule has 238 valence electrons. The van der Waals surface area contributed by atoms with Crippen LogP contribution in [-0.4, -0.2) is 77.5 Å². The Labute approximate surface area is 263 Å². The molecule has 13 nitrogen and oxygen atoms in total. The summed E-state index contributed by atoms with van der Waals surface area (Å²) in [5, 5.41) is 16.7. The molecular formula is C29H26ClF3N10O3. The van der Waals surface area contributed by atoms with Crippen LogP contribution in [0.15, 0.2) is 59.5 Å². The van der Waals surface area contributed by atoms with Gasteiger partial charge >= 0.3 is 6.18 Å². The summed E-state index contributed by atoms with van der Waals surface area (Å²) >= 11 is 6.09. The van der Waals surface area contributed by atoms with Crippen LogP contribution in [0.1, 0.15) is 28.7 Å². The second kappa shape index (κ2) is 12.3. The number of piperazine rings is 1. The van der Waals surface area contributed by atoms with Crippen LogP contribution in [0, 0.1) is 0 Å². The third-order valence-corrected chi connectivity index (χ3v) is 7.89. The van der Waals surface area contributed by atoms with Gasteiger partial charge in [0.1, 0.15) is 12.2 Å². The summed E-state index contributed by atoms with van der Waals surface area (Å²) in [6.07, 6.45) is -2.94. The number of H-pyrrole nitrogens is 1. The van der Waals surface area contributed by atoms with Crippen LogP contribution >= 0.6 is 11.6 Å². The van der Waals surface area contributed by atoms with Gasteiger partial charge in [-0.1, -0.05) is 48.9 Å². The number of nitrogens with zero attached hydrogens (tertiary/aromatic N) is 8. The highest BCUT2D eigenvalue weighted by Gasteiger charge is 2.32. The van der Waals surface area contributed by atoms with Crippen molar-refractivity contribution in [3.8, 4) is 11.4 Å². The molecule has 1 saturated heterocycles. The van der Waals surface area contributed by atoms with Crippen molar-refractivity contribution in [2.45, 2.75) is 26.1 Å². The predicted octanol–water partition coefficient (Wildman–Crippen LogP) is 3.51. The molecule has 1 aliphatic heterocycles. The number of aromatic nitrogens is 7. The van der Waals surface area contributed by atoms with E-state index < -0.39 is 23.2 Å². The number of hydrogen-bond donors (Lipinski definition) is 2. The lowest BCUT2D eigenvalue weighted by atomic mass is 10.2. The van der Waals surface area contributed by atoms with E-state index in [-0.39, 0.29) is 40.5 Å². The fourth-order valence-corrected chi connectivity index (χ4v) is 5.59. The molecule has 17 heteroatoms. The smallest absolute Gasteiger partial charge is 0.362 e. The molecule has 0 spiro atoms. The highest BCUT2D eigenvalue weighted by atomic mass is 35.5. The number of anilines is 2. The molecule has 0 unspecified atom stereocenters. The van der Waals surface area contributed by atoms with E-state index in [1.54, 1.807) is 33.7 Å². The van der Waals surface area contributed by atoms with Crippen LogP contribution in [0.2, 0.25) is 5.02 Å². The van der Waals surface area contributed by atoms with Crippen molar-refractivity contribution >= 4 is 40.6 Å². The lowest BCUT2D eigenvalue weighted by Crippen LogP contribution is -2.51. The zero-order valence-electron chi connectivity index (χ0n) is 24.3. The van der Waals surface area contributed by atoms with Crippen LogP contribution in [0.4, 0.5) is 24.5 Å². The van der Waals surface area contributed by atoms with Crippen LogP contribution in [0.5, 0.6) is 0 Å². The van der Waals surface area contributed by atoms with Crippen LogP contribution < -0.4 is 15.8 Å². The van der Waals surface area contributed by atoms with Gasteiger partial charge in [0.25, 0.3) is 11.5 Å². The molecule has 0 aliphatic carbocycles. The Balaban J connectivity index is 1.37. The first kappa shape index (κ1) is 30.8. The quantitative estimate of drug-likeness (QED) is 0.271. The average molecular weight is 655 g/mol. The zero-order chi connectivity index (χ0) is 32.6. The largest absolute Gasteiger partial charge is 0.416 e. The first-order valence-corrected chi connectivity index (χ1v) is 14.6. The van der Waals surface area contributed by atoms with Crippen molar-refractivity contribution in [3.63, 3.8) is 0 Å². The maximum atomic E-state index is 14.0. The molecule has 2 amide bonds. The molecule has 2 N–H and O–H groups in total. The van der Waals surface area contributed by atoms with Crippen molar-refractivity contribution in [1.82, 2.24) is 39.5 Å². The minimum absolute atomic E-state index is 0.00523. The standard InChI is InChI=1S/C29H26ClF3N10O3/c1-2-22-24(40-10-12-41(13-11-40)26(45)21-15-34-39-37-21)27(46)43-28(36-25(38-43)17-6-4-3-5-7-17)42(22)16-23(44)35-20-9-8-18(14-19(20)30)29(31,32)33/h3-9,14-15H,2,10-13,16H2,1H3,(H,35,44)(H,34,37,39). The lowest BCUT2D eigenvalue weighted by Gasteiger charge is -2.36. The number of alkyl halides is 3. The Morgan fingerprint density at radius 2 is 1.80 bits per heavy atom. The van der Waals surface area contributed by atoms with Crippen LogP contribution in [-0.2, 0) is 23.9 Å². The number of fused-ring (bicyclic) bond motifs is 1. The number of carbonyl (C=O) groups is 2. The number of amides is 2. The maximum Gasteiger partial charge on any atom is 0.416 e. The summed E-state index contributed by atoms with van der Waals surface area (Å²) in [6.45, 7) is 2.69. The number of nitrogens with one attached hydrogen (secondary N) is 2. The number of rotatable bonds is 7. The van der Waals surface area contributed by atoms with Gasteiger partial charge in [0.15, 0.2) is 11.5 Å². The van der Waals surface area contributed by atoms with Gasteiger partial charge in [0.05, 0.1) is 28.2 Å². The Hall–Kier alpha value is -5.25. The zero-order valence-corrected chi connectivity index (χ0v) is 25.0. The van der Waals surface area contributed by atoms with Gasteiger partial charge in [0.2, 0.25) is 11.7 Å². The molecule has 0 atom stereocenters. The van der Waals surface area contributed by atoms with E-state index in [0.717, 1.165) is 22.7 Å². The average Bonchev–Trinajstić information content (AvgIpc) is 3.75. The summed E-state index contributed by atoms with van der Waals surface area (Å²) in [4.78, 5) is 48.3. The summed E-state index contributed by atoms with van der Waals surface area (Å²) in [6, 6.07) is 11.7. The third-order valence-electron chi connectivity index (χ3n) is 7.58. The molecule has 0 saturated carbocycles. The molecular weight excluding hydrogens is 629 g/mol. The molecule has 5 aromatic rings. The number of aromatic amines is 1. The van der Waals surface area contributed by atoms with Crippen molar-refractivity contribution in [2.24, 2.45) is 0 Å². The highest BCUT2D eigenvalue weighted by molar-refractivity contribution is 6.33. The fourth-order valence-electron chi connectivity index (χ4n) is 5.36. The fraction of sp³-hybridized carbons (Fsp3) is 0.276. The van der Waals surface area contributed by atoms with E-state index in [2.05, 4.69) is 30.8 Å². The number of halogens is 4. The lowest BCUT2D eigenvalue weighted by molar-refractivity contribution is -0.137. The number of hydrogen-bond acceptors (Lipinski definition) is 8. The normalized spacial score (nSPS) is 13.8. The van der Waals surface area contributed by atoms with Gasteiger partial charge < -0.3 is 19.7 Å². The Bertz CT molecular complexity index is 1970. The van der Waals surface area contributed by atoms with Crippen molar-refractivity contribution < 1.29 is 22.8 Å². The molecule has 4 heterocycles. The summed E-state index contributed by atoms with van der Waals surface area (Å²) in [5.74, 6) is -0.530. The SMILES string of the molecule is CCc1c(N2CCN(C(=O)c3cn[nH]n3)CC2)c(=O)n2nc(-c3ccccc3)nc2n1CC(=O)Nc1ccc(C(F)(F)F)cc1Cl. The molecule has 46 heavy (non-hydrogen) atoms. The predicted molar refractivity (Wildman–Crippen MR) is 162 cm³/mol. The summed E-state index contributed by atoms with van der Waals surface area (Å²) in [5.41, 5.74) is 0.229. The minimum atomic E-state index is -4.60. The van der Waals surface area contributed by atoms with E-state index in [0.29, 0.717) is 49.5 Å². The van der Waals surface area contributed by atoms with Crippen molar-refractivity contribution in [2.75, 3.05) is 36.4 Å². The van der Waals surface area contributed by atoms with E-state index in [1.807, 2.05) is 17.9 Å². The second-order valence-electron chi connectivity index (χ2n) is 10.4. The Morgan fingerprint density at radius 3 is 2.43 bits per heavy atom. The number of benzene rings is 2. The molecule has 3 aromatic heterocycles. The summed E-state index contributed by atoms with van der Waals surface area (Å²) < 4.78 is 42.1. The van der Waals surface area contributed by atoms with E-state index >= 15 is 0 Å². The van der Waals surface area contributed by atoms with Gasteiger partial charge in [-0.3, -0.25) is 14.4 Å². The van der Waals surface area contributed by atoms with Gasteiger partial charge in [-0.2, -0.15) is 38.1 Å². The first-order chi connectivity index (χ1) is 22.0. The van der Waals surface area contributed by atoms with Gasteiger partial charge in [-0.25, -0.2) is 0 Å². The Kier molecular flexibility index (Phi) is 8.20. The van der Waals surface area contributed by atoms with Crippen molar-refractivity contribution in [3.05, 3.63) is 87.1 Å². The van der Waals surface area contributed by atoms with E-state index in [9.17, 15) is 27.6 Å². The van der Waals surface area contributed by atoms with Gasteiger partial charge in [-0.15, -0.1) is 5.10 Å². The molecule has 6 rings (SSSR count). The topological polar surface area (TPSA) is 146 Å². The first-order valence-electron chi connectivity index (χ1n) is 14.2. The third kappa shape index (κ3) is 5.90. The monoisotopic (exact) mass is 654 g/mol. The van der Waals surface area contributed by atoms with Gasteiger partial charge in [-0.05, 0) is 24.6 Å². The maximum absolute atomic E-state index is 14.0. The number of carbonyl (C=O) groups excluding carboxylic acids is 2. The van der Waals surface area contributed by atoms with Gasteiger partial charge in [0, 0.05) is 31.7 Å². The molecule has 1 aliphatic rings. The highest BCUT2D eigenvalue weighted by Crippen LogP contribution is 2.34. The van der Waals surface area contributed by atoms with Crippen molar-refractivity contribution in [1.29, 1.82) is 0 Å². The Morgan fingerprint density at radius 1 is 1.07 bits per heavy atom. The summed E-state index contributed by atoms with van der Waals surface area (Å²) in [7, 11) is 0. The minimum Gasteiger partial charge on any atom is -0.362 e. The molecule has 0 radical (unpaired) electrons. The second-order valence-corrected chi connectivity index (χ2v) is 10.8. The van der Waals surface area contributed by atoms with E-state index in [1.165, 1.54) is 6.20 Å².